The average molecular weight is 333 g/mol. The summed E-state index contributed by atoms with van der Waals surface area (Å²) in [6, 6.07) is 1.35. The molecule has 5 nitrogen and oxygen atoms in total. The van der Waals surface area contributed by atoms with E-state index in [2.05, 4.69) is 5.32 Å². The van der Waals surface area contributed by atoms with E-state index in [1.807, 2.05) is 13.8 Å². The highest BCUT2D eigenvalue weighted by Gasteiger charge is 2.31. The van der Waals surface area contributed by atoms with Gasteiger partial charge in [-0.25, -0.2) is 8.42 Å². The van der Waals surface area contributed by atoms with Crippen molar-refractivity contribution >= 4 is 25.6 Å². The van der Waals surface area contributed by atoms with Gasteiger partial charge in [0.1, 0.15) is 10.6 Å². The summed E-state index contributed by atoms with van der Waals surface area (Å²) in [5.74, 6) is -0.237. The second-order valence-corrected chi connectivity index (χ2v) is 8.48. The van der Waals surface area contributed by atoms with Crippen molar-refractivity contribution in [1.29, 1.82) is 0 Å². The van der Waals surface area contributed by atoms with Crippen LogP contribution < -0.4 is 5.32 Å². The molecule has 1 aliphatic rings. The third-order valence-electron chi connectivity index (χ3n) is 3.97. The fourth-order valence-corrected chi connectivity index (χ4v) is 3.61. The van der Waals surface area contributed by atoms with Crippen LogP contribution in [0.3, 0.4) is 0 Å². The molecule has 118 valence electrons. The molecule has 2 rings (SSSR count). The van der Waals surface area contributed by atoms with Gasteiger partial charge >= 0.3 is 0 Å². The third-order valence-corrected chi connectivity index (χ3v) is 5.29. The van der Waals surface area contributed by atoms with Gasteiger partial charge in [0.15, 0.2) is 0 Å². The van der Waals surface area contributed by atoms with E-state index in [4.69, 9.17) is 10.7 Å². The van der Waals surface area contributed by atoms with Crippen LogP contribution >= 0.6 is 10.7 Å². The lowest BCUT2D eigenvalue weighted by Gasteiger charge is -2.25. The highest BCUT2D eigenvalue weighted by molar-refractivity contribution is 8.13. The van der Waals surface area contributed by atoms with Crippen molar-refractivity contribution in [3.8, 4) is 0 Å². The predicted octanol–water partition coefficient (Wildman–Crippen LogP) is 2.89. The number of nitrogens with zero attached hydrogens (tertiary/aromatic N) is 1. The number of hydrogen-bond donors (Lipinski definition) is 1. The molecular formula is C14H21ClN2O3S. The van der Waals surface area contributed by atoms with Gasteiger partial charge in [-0.1, -0.05) is 19.8 Å². The van der Waals surface area contributed by atoms with Crippen LogP contribution in [0.15, 0.2) is 17.2 Å². The average Bonchev–Trinajstić information content (AvgIpc) is 2.96. The molecule has 0 aromatic carbocycles. The van der Waals surface area contributed by atoms with Crippen molar-refractivity contribution < 1.29 is 13.2 Å². The maximum atomic E-state index is 12.5. The highest BCUT2D eigenvalue weighted by atomic mass is 35.7. The molecule has 1 amide bonds. The second kappa shape index (κ2) is 6.01. The van der Waals surface area contributed by atoms with E-state index in [1.165, 1.54) is 12.3 Å². The molecule has 1 saturated carbocycles. The van der Waals surface area contributed by atoms with E-state index < -0.39 is 9.05 Å². The number of halogens is 1. The van der Waals surface area contributed by atoms with Gasteiger partial charge in [0, 0.05) is 29.0 Å². The minimum Gasteiger partial charge on any atom is -0.346 e. The molecule has 1 fully saturated rings. The van der Waals surface area contributed by atoms with Crippen LogP contribution in [0.2, 0.25) is 0 Å². The summed E-state index contributed by atoms with van der Waals surface area (Å²) < 4.78 is 24.6. The number of carbonyl (C=O) groups is 1. The molecule has 1 aromatic heterocycles. The van der Waals surface area contributed by atoms with Gasteiger partial charge in [0.25, 0.3) is 15.0 Å². The fraction of sp³-hybridized carbons (Fsp3) is 0.643. The van der Waals surface area contributed by atoms with Crippen LogP contribution in [-0.4, -0.2) is 24.4 Å². The number of hydrogen-bond acceptors (Lipinski definition) is 3. The minimum atomic E-state index is -3.83. The molecule has 0 radical (unpaired) electrons. The summed E-state index contributed by atoms with van der Waals surface area (Å²) in [7, 11) is 1.55. The number of nitrogens with one attached hydrogen (secondary N) is 1. The van der Waals surface area contributed by atoms with Crippen molar-refractivity contribution in [2.75, 3.05) is 0 Å². The van der Waals surface area contributed by atoms with Crippen molar-refractivity contribution in [1.82, 2.24) is 9.88 Å². The monoisotopic (exact) mass is 332 g/mol. The first kappa shape index (κ1) is 16.4. The van der Waals surface area contributed by atoms with E-state index in [-0.39, 0.29) is 16.3 Å². The van der Waals surface area contributed by atoms with E-state index in [1.54, 1.807) is 4.57 Å². The van der Waals surface area contributed by atoms with E-state index >= 15 is 0 Å². The van der Waals surface area contributed by atoms with Crippen molar-refractivity contribution in [3.63, 3.8) is 0 Å². The molecule has 0 spiro atoms. The fourth-order valence-electron chi connectivity index (χ4n) is 2.85. The number of aryl methyl sites for hydroxylation is 1. The van der Waals surface area contributed by atoms with Gasteiger partial charge in [0.05, 0.1) is 0 Å². The highest BCUT2D eigenvalue weighted by Crippen LogP contribution is 2.29. The topological polar surface area (TPSA) is 68.2 Å². The summed E-state index contributed by atoms with van der Waals surface area (Å²) >= 11 is 0. The van der Waals surface area contributed by atoms with Crippen LogP contribution in [0.1, 0.15) is 56.4 Å². The van der Waals surface area contributed by atoms with Gasteiger partial charge in [-0.05, 0) is 32.3 Å². The first-order chi connectivity index (χ1) is 9.75. The summed E-state index contributed by atoms with van der Waals surface area (Å²) in [5.41, 5.74) is 0.155. The van der Waals surface area contributed by atoms with Gasteiger partial charge in [0.2, 0.25) is 0 Å². The standard InChI is InChI=1S/C14H21ClN2O3S/c1-3-8-17-10-11(21(15,19)20)9-12(17)13(18)16-14(2)6-4-5-7-14/h9-10H,3-8H2,1-2H3,(H,16,18). The quantitative estimate of drug-likeness (QED) is 0.843. The van der Waals surface area contributed by atoms with Gasteiger partial charge in [-0.15, -0.1) is 0 Å². The lowest BCUT2D eigenvalue weighted by Crippen LogP contribution is -2.44. The summed E-state index contributed by atoms with van der Waals surface area (Å²) in [6.45, 7) is 4.57. The van der Waals surface area contributed by atoms with Crippen LogP contribution in [0, 0.1) is 0 Å². The van der Waals surface area contributed by atoms with E-state index in [9.17, 15) is 13.2 Å². The zero-order valence-electron chi connectivity index (χ0n) is 12.4. The molecule has 1 N–H and O–H groups in total. The molecule has 0 aliphatic heterocycles. The van der Waals surface area contributed by atoms with Gasteiger partial charge in [-0.2, -0.15) is 0 Å². The number of aromatic nitrogens is 1. The molecular weight excluding hydrogens is 312 g/mol. The zero-order chi connectivity index (χ0) is 15.7. The largest absolute Gasteiger partial charge is 0.346 e. The normalized spacial score (nSPS) is 17.9. The van der Waals surface area contributed by atoms with Crippen LogP contribution in [-0.2, 0) is 15.6 Å². The third kappa shape index (κ3) is 3.80. The van der Waals surface area contributed by atoms with Crippen LogP contribution in [0.5, 0.6) is 0 Å². The minimum absolute atomic E-state index is 0.0284. The molecule has 0 bridgehead atoms. The summed E-state index contributed by atoms with van der Waals surface area (Å²) in [5, 5.41) is 3.04. The molecule has 0 unspecified atom stereocenters. The Hall–Kier alpha value is -1.01. The van der Waals surface area contributed by atoms with Crippen LogP contribution in [0.25, 0.3) is 0 Å². The van der Waals surface area contributed by atoms with Gasteiger partial charge in [-0.3, -0.25) is 4.79 Å². The Kier molecular flexibility index (Phi) is 4.68. The Labute approximate surface area is 130 Å². The number of amides is 1. The van der Waals surface area contributed by atoms with Crippen molar-refractivity contribution in [2.24, 2.45) is 0 Å². The van der Waals surface area contributed by atoms with E-state index in [0.29, 0.717) is 12.2 Å². The Bertz CT molecular complexity index is 631. The lowest BCUT2D eigenvalue weighted by molar-refractivity contribution is 0.0898. The van der Waals surface area contributed by atoms with E-state index in [0.717, 1.165) is 32.1 Å². The van der Waals surface area contributed by atoms with Gasteiger partial charge < -0.3 is 9.88 Å². The first-order valence-electron chi connectivity index (χ1n) is 7.22. The number of carbonyl (C=O) groups excluding carboxylic acids is 1. The Morgan fingerprint density at radius 2 is 2.05 bits per heavy atom. The Balaban J connectivity index is 2.28. The lowest BCUT2D eigenvalue weighted by atomic mass is 10.0. The second-order valence-electron chi connectivity index (χ2n) is 5.91. The molecule has 1 aliphatic carbocycles. The summed E-state index contributed by atoms with van der Waals surface area (Å²) in [4.78, 5) is 12.4. The molecule has 0 saturated heterocycles. The molecule has 21 heavy (non-hydrogen) atoms. The van der Waals surface area contributed by atoms with Crippen molar-refractivity contribution in [3.05, 3.63) is 18.0 Å². The maximum absolute atomic E-state index is 12.5. The van der Waals surface area contributed by atoms with Crippen molar-refractivity contribution in [2.45, 2.75) is 62.9 Å². The predicted molar refractivity (Wildman–Crippen MR) is 82.1 cm³/mol. The smallest absolute Gasteiger partial charge is 0.268 e. The molecule has 0 atom stereocenters. The SMILES string of the molecule is CCCn1cc(S(=O)(=O)Cl)cc1C(=O)NC1(C)CCCC1. The molecule has 1 heterocycles. The maximum Gasteiger partial charge on any atom is 0.268 e. The Morgan fingerprint density at radius 3 is 2.57 bits per heavy atom. The summed E-state index contributed by atoms with van der Waals surface area (Å²) in [6.07, 6.45) is 6.34. The van der Waals surface area contributed by atoms with Crippen LogP contribution in [0.4, 0.5) is 0 Å². The molecule has 7 heteroatoms. The first-order valence-corrected chi connectivity index (χ1v) is 9.53. The number of rotatable bonds is 5. The Morgan fingerprint density at radius 1 is 1.43 bits per heavy atom. The zero-order valence-corrected chi connectivity index (χ0v) is 13.9. The molecule has 1 aromatic rings.